The van der Waals surface area contributed by atoms with Gasteiger partial charge in [-0.2, -0.15) is 0 Å². The smallest absolute Gasteiger partial charge is 0.223 e. The number of amides is 1. The van der Waals surface area contributed by atoms with Gasteiger partial charge in [0.05, 0.1) is 17.7 Å². The lowest BCUT2D eigenvalue weighted by molar-refractivity contribution is -0.138. The number of halogens is 2. The minimum atomic E-state index is -0.508. The van der Waals surface area contributed by atoms with Gasteiger partial charge in [-0.05, 0) is 12.5 Å². The molecule has 1 aromatic rings. The predicted molar refractivity (Wildman–Crippen MR) is 74.9 cm³/mol. The average Bonchev–Trinajstić information content (AvgIpc) is 2.43. The fourth-order valence-electron chi connectivity index (χ4n) is 2.58. The van der Waals surface area contributed by atoms with Gasteiger partial charge in [0.25, 0.3) is 0 Å². The van der Waals surface area contributed by atoms with Crippen molar-refractivity contribution in [3.63, 3.8) is 0 Å². The van der Waals surface area contributed by atoms with Crippen molar-refractivity contribution < 1.29 is 13.9 Å². The highest BCUT2D eigenvalue weighted by molar-refractivity contribution is 6.30. The molecule has 0 aromatic heterocycles. The summed E-state index contributed by atoms with van der Waals surface area (Å²) in [6, 6.07) is 3.98. The van der Waals surface area contributed by atoms with Crippen LogP contribution in [0.4, 0.5) is 4.39 Å². The van der Waals surface area contributed by atoms with Crippen LogP contribution in [0.3, 0.4) is 0 Å². The lowest BCUT2D eigenvalue weighted by Crippen LogP contribution is -2.50. The zero-order valence-corrected chi connectivity index (χ0v) is 12.1. The van der Waals surface area contributed by atoms with Crippen LogP contribution in [-0.2, 0) is 9.53 Å². The molecule has 1 heterocycles. The van der Waals surface area contributed by atoms with Gasteiger partial charge in [0.1, 0.15) is 5.82 Å². The topological polar surface area (TPSA) is 55.6 Å². The van der Waals surface area contributed by atoms with Crippen molar-refractivity contribution >= 4 is 17.5 Å². The fourth-order valence-corrected chi connectivity index (χ4v) is 2.76. The van der Waals surface area contributed by atoms with Gasteiger partial charge in [-0.1, -0.05) is 23.7 Å². The number of methoxy groups -OCH3 is 1. The summed E-state index contributed by atoms with van der Waals surface area (Å²) < 4.78 is 19.2. The number of piperidine rings is 1. The Morgan fingerprint density at radius 1 is 1.55 bits per heavy atom. The van der Waals surface area contributed by atoms with E-state index in [0.29, 0.717) is 31.6 Å². The van der Waals surface area contributed by atoms with Crippen LogP contribution in [0, 0.1) is 5.82 Å². The zero-order valence-electron chi connectivity index (χ0n) is 11.3. The first-order valence-electron chi connectivity index (χ1n) is 6.54. The number of hydrogen-bond donors (Lipinski definition) is 1. The van der Waals surface area contributed by atoms with Crippen molar-refractivity contribution in [3.05, 3.63) is 34.6 Å². The van der Waals surface area contributed by atoms with Gasteiger partial charge in [-0.25, -0.2) is 4.39 Å². The highest BCUT2D eigenvalue weighted by atomic mass is 35.5. The first-order valence-corrected chi connectivity index (χ1v) is 6.92. The number of hydrogen-bond acceptors (Lipinski definition) is 3. The molecule has 0 saturated carbocycles. The Morgan fingerprint density at radius 2 is 2.30 bits per heavy atom. The van der Waals surface area contributed by atoms with Crippen LogP contribution in [0.2, 0.25) is 5.02 Å². The van der Waals surface area contributed by atoms with E-state index in [-0.39, 0.29) is 17.0 Å². The Kier molecular flexibility index (Phi) is 4.96. The molecule has 4 nitrogen and oxygen atoms in total. The van der Waals surface area contributed by atoms with Gasteiger partial charge in [0, 0.05) is 31.7 Å². The molecule has 2 rings (SSSR count). The van der Waals surface area contributed by atoms with Crippen LogP contribution < -0.4 is 5.73 Å². The van der Waals surface area contributed by atoms with E-state index in [4.69, 9.17) is 22.1 Å². The molecular formula is C14H18ClFN2O2. The van der Waals surface area contributed by atoms with Crippen molar-refractivity contribution in [2.45, 2.75) is 24.9 Å². The van der Waals surface area contributed by atoms with E-state index in [1.165, 1.54) is 6.07 Å². The summed E-state index contributed by atoms with van der Waals surface area (Å²) in [5.74, 6) is -0.542. The molecule has 1 aliphatic heterocycles. The lowest BCUT2D eigenvalue weighted by atomic mass is 9.90. The van der Waals surface area contributed by atoms with E-state index in [1.807, 2.05) is 0 Å². The molecule has 1 aliphatic rings. The lowest BCUT2D eigenvalue weighted by Gasteiger charge is -2.40. The van der Waals surface area contributed by atoms with E-state index in [1.54, 1.807) is 24.1 Å². The third-order valence-corrected chi connectivity index (χ3v) is 3.88. The minimum absolute atomic E-state index is 0.0341. The van der Waals surface area contributed by atoms with Crippen LogP contribution in [0.15, 0.2) is 18.2 Å². The average molecular weight is 301 g/mol. The Hall–Kier alpha value is -1.17. The second kappa shape index (κ2) is 6.52. The number of ether oxygens (including phenoxy) is 1. The predicted octanol–water partition coefficient (Wildman–Crippen LogP) is 2.12. The molecule has 0 spiro atoms. The van der Waals surface area contributed by atoms with Crippen molar-refractivity contribution in [2.24, 2.45) is 5.73 Å². The Balaban J connectivity index is 2.37. The number of rotatable bonds is 4. The Bertz CT molecular complexity index is 498. The minimum Gasteiger partial charge on any atom is -0.383 e. The van der Waals surface area contributed by atoms with Crippen molar-refractivity contribution in [1.29, 1.82) is 0 Å². The van der Waals surface area contributed by atoms with E-state index in [2.05, 4.69) is 0 Å². The first kappa shape index (κ1) is 15.2. The zero-order chi connectivity index (χ0) is 14.7. The standard InChI is InChI=1S/C14H18ClFN2O2/c1-20-8-7-18-12(19)6-5-11(17)14(18)9-3-2-4-10(15)13(9)16/h2-4,11,14H,5-8,17H2,1H3. The molecule has 110 valence electrons. The second-order valence-electron chi connectivity index (χ2n) is 4.87. The second-order valence-corrected chi connectivity index (χ2v) is 5.28. The quantitative estimate of drug-likeness (QED) is 0.926. The van der Waals surface area contributed by atoms with Crippen LogP contribution in [-0.4, -0.2) is 37.1 Å². The SMILES string of the molecule is COCCN1C(=O)CCC(N)C1c1cccc(Cl)c1F. The molecule has 1 saturated heterocycles. The molecule has 20 heavy (non-hydrogen) atoms. The highest BCUT2D eigenvalue weighted by Gasteiger charge is 2.36. The van der Waals surface area contributed by atoms with Crippen LogP contribution in [0.5, 0.6) is 0 Å². The Morgan fingerprint density at radius 3 is 3.00 bits per heavy atom. The molecule has 6 heteroatoms. The number of nitrogens with zero attached hydrogens (tertiary/aromatic N) is 1. The molecule has 1 aromatic carbocycles. The number of carbonyl (C=O) groups excluding carboxylic acids is 1. The van der Waals surface area contributed by atoms with Crippen LogP contribution in [0.1, 0.15) is 24.4 Å². The maximum atomic E-state index is 14.2. The van der Waals surface area contributed by atoms with Gasteiger partial charge in [0.2, 0.25) is 5.91 Å². The third kappa shape index (κ3) is 2.95. The van der Waals surface area contributed by atoms with E-state index in [9.17, 15) is 9.18 Å². The summed E-state index contributed by atoms with van der Waals surface area (Å²) in [6.07, 6.45) is 0.919. The summed E-state index contributed by atoms with van der Waals surface area (Å²) >= 11 is 5.83. The van der Waals surface area contributed by atoms with E-state index < -0.39 is 11.9 Å². The van der Waals surface area contributed by atoms with Crippen molar-refractivity contribution in [3.8, 4) is 0 Å². The fraction of sp³-hybridized carbons (Fsp3) is 0.500. The summed E-state index contributed by atoms with van der Waals surface area (Å²) in [4.78, 5) is 13.7. The third-order valence-electron chi connectivity index (χ3n) is 3.59. The van der Waals surface area contributed by atoms with Crippen LogP contribution >= 0.6 is 11.6 Å². The van der Waals surface area contributed by atoms with E-state index in [0.717, 1.165) is 0 Å². The Labute approximate surface area is 122 Å². The first-order chi connectivity index (χ1) is 9.56. The summed E-state index contributed by atoms with van der Waals surface area (Å²) in [5, 5.41) is 0.0411. The van der Waals surface area contributed by atoms with Gasteiger partial charge < -0.3 is 15.4 Å². The molecular weight excluding hydrogens is 283 g/mol. The van der Waals surface area contributed by atoms with Crippen molar-refractivity contribution in [2.75, 3.05) is 20.3 Å². The maximum absolute atomic E-state index is 14.2. The molecule has 0 bridgehead atoms. The molecule has 0 aliphatic carbocycles. The molecule has 2 N–H and O–H groups in total. The highest BCUT2D eigenvalue weighted by Crippen LogP contribution is 2.34. The van der Waals surface area contributed by atoms with Gasteiger partial charge in [-0.3, -0.25) is 4.79 Å². The van der Waals surface area contributed by atoms with Crippen LogP contribution in [0.25, 0.3) is 0 Å². The molecule has 1 amide bonds. The summed E-state index contributed by atoms with van der Waals surface area (Å²) in [5.41, 5.74) is 6.48. The van der Waals surface area contributed by atoms with Gasteiger partial charge in [-0.15, -0.1) is 0 Å². The number of nitrogens with two attached hydrogens (primary N) is 1. The normalized spacial score (nSPS) is 23.2. The van der Waals surface area contributed by atoms with Gasteiger partial charge >= 0.3 is 0 Å². The largest absolute Gasteiger partial charge is 0.383 e. The monoisotopic (exact) mass is 300 g/mol. The van der Waals surface area contributed by atoms with Gasteiger partial charge in [0.15, 0.2) is 0 Å². The number of likely N-dealkylation sites (tertiary alicyclic amines) is 1. The number of carbonyl (C=O) groups is 1. The maximum Gasteiger partial charge on any atom is 0.223 e. The molecule has 2 atom stereocenters. The molecule has 1 fully saturated rings. The molecule has 0 radical (unpaired) electrons. The van der Waals surface area contributed by atoms with Crippen molar-refractivity contribution in [1.82, 2.24) is 4.90 Å². The van der Waals surface area contributed by atoms with E-state index >= 15 is 0 Å². The molecule has 2 unspecified atom stereocenters. The summed E-state index contributed by atoms with van der Waals surface area (Å²) in [6.45, 7) is 0.775. The summed E-state index contributed by atoms with van der Waals surface area (Å²) in [7, 11) is 1.56. The number of benzene rings is 1.